The molecule has 0 aromatic heterocycles. The van der Waals surface area contributed by atoms with Crippen molar-refractivity contribution in [1.29, 1.82) is 0 Å². The molecule has 2 nitrogen and oxygen atoms in total. The van der Waals surface area contributed by atoms with Crippen LogP contribution in [0.1, 0.15) is 15.9 Å². The van der Waals surface area contributed by atoms with E-state index in [0.29, 0.717) is 5.56 Å². The van der Waals surface area contributed by atoms with Crippen molar-refractivity contribution in [3.8, 4) is 16.9 Å². The van der Waals surface area contributed by atoms with Gasteiger partial charge >= 0.3 is 0 Å². The zero-order valence-electron chi connectivity index (χ0n) is 9.94. The molecular formula is C15H14O2. The van der Waals surface area contributed by atoms with Crippen LogP contribution in [0, 0.1) is 6.92 Å². The van der Waals surface area contributed by atoms with E-state index in [1.54, 1.807) is 13.2 Å². The lowest BCUT2D eigenvalue weighted by Gasteiger charge is -2.10. The van der Waals surface area contributed by atoms with Crippen molar-refractivity contribution in [2.75, 3.05) is 7.11 Å². The molecule has 0 heterocycles. The second kappa shape index (κ2) is 4.83. The Morgan fingerprint density at radius 3 is 2.41 bits per heavy atom. The first-order valence-corrected chi connectivity index (χ1v) is 5.45. The van der Waals surface area contributed by atoms with Crippen LogP contribution in [0.15, 0.2) is 42.5 Å². The zero-order valence-corrected chi connectivity index (χ0v) is 9.94. The van der Waals surface area contributed by atoms with Crippen molar-refractivity contribution in [2.24, 2.45) is 0 Å². The maximum Gasteiger partial charge on any atom is 0.150 e. The fourth-order valence-electron chi connectivity index (χ4n) is 1.89. The van der Waals surface area contributed by atoms with Crippen molar-refractivity contribution in [2.45, 2.75) is 6.92 Å². The van der Waals surface area contributed by atoms with Crippen molar-refractivity contribution in [3.63, 3.8) is 0 Å². The van der Waals surface area contributed by atoms with Crippen LogP contribution < -0.4 is 4.74 Å². The Morgan fingerprint density at radius 1 is 1.12 bits per heavy atom. The molecule has 2 aromatic carbocycles. The summed E-state index contributed by atoms with van der Waals surface area (Å²) in [5, 5.41) is 0. The molecule has 0 N–H and O–H groups in total. The van der Waals surface area contributed by atoms with E-state index < -0.39 is 0 Å². The summed E-state index contributed by atoms with van der Waals surface area (Å²) in [5.74, 6) is 0.742. The monoisotopic (exact) mass is 226 g/mol. The number of hydrogen-bond donors (Lipinski definition) is 0. The van der Waals surface area contributed by atoms with Crippen LogP contribution in [0.25, 0.3) is 11.1 Å². The average Bonchev–Trinajstić information content (AvgIpc) is 2.39. The van der Waals surface area contributed by atoms with Gasteiger partial charge in [-0.05, 0) is 35.7 Å². The third-order valence-electron chi connectivity index (χ3n) is 2.78. The summed E-state index contributed by atoms with van der Waals surface area (Å²) in [6, 6.07) is 13.6. The van der Waals surface area contributed by atoms with Crippen LogP contribution in [-0.4, -0.2) is 13.4 Å². The highest BCUT2D eigenvalue weighted by molar-refractivity contribution is 5.88. The number of carbonyl (C=O) groups excluding carboxylic acids is 1. The smallest absolute Gasteiger partial charge is 0.150 e. The highest BCUT2D eigenvalue weighted by atomic mass is 16.5. The molecule has 2 heteroatoms. The molecule has 17 heavy (non-hydrogen) atoms. The van der Waals surface area contributed by atoms with Gasteiger partial charge in [0.1, 0.15) is 5.75 Å². The Bertz CT molecular complexity index is 530. The third kappa shape index (κ3) is 2.21. The van der Waals surface area contributed by atoms with Gasteiger partial charge in [0.2, 0.25) is 0 Å². The number of aldehydes is 1. The summed E-state index contributed by atoms with van der Waals surface area (Å²) in [7, 11) is 1.61. The van der Waals surface area contributed by atoms with Gasteiger partial charge in [-0.25, -0.2) is 0 Å². The van der Waals surface area contributed by atoms with Crippen molar-refractivity contribution >= 4 is 6.29 Å². The minimum Gasteiger partial charge on any atom is -0.496 e. The van der Waals surface area contributed by atoms with Gasteiger partial charge in [-0.1, -0.05) is 30.3 Å². The van der Waals surface area contributed by atoms with Crippen LogP contribution in [0.3, 0.4) is 0 Å². The number of aryl methyl sites for hydroxylation is 1. The maximum absolute atomic E-state index is 11.1. The predicted molar refractivity (Wildman–Crippen MR) is 68.6 cm³/mol. The van der Waals surface area contributed by atoms with Crippen LogP contribution in [-0.2, 0) is 0 Å². The van der Waals surface area contributed by atoms with Gasteiger partial charge in [-0.2, -0.15) is 0 Å². The molecule has 0 saturated heterocycles. The van der Waals surface area contributed by atoms with Gasteiger partial charge in [-0.15, -0.1) is 0 Å². The summed E-state index contributed by atoms with van der Waals surface area (Å²) in [4.78, 5) is 11.1. The minimum atomic E-state index is 0.652. The van der Waals surface area contributed by atoms with Gasteiger partial charge < -0.3 is 4.74 Å². The molecule has 2 aromatic rings. The summed E-state index contributed by atoms with van der Waals surface area (Å²) in [6.07, 6.45) is 0.865. The molecule has 0 radical (unpaired) electrons. The number of hydrogen-bond acceptors (Lipinski definition) is 2. The number of methoxy groups -OCH3 is 1. The van der Waals surface area contributed by atoms with Crippen molar-refractivity contribution in [3.05, 3.63) is 53.6 Å². The maximum atomic E-state index is 11.1. The molecule has 0 spiro atoms. The van der Waals surface area contributed by atoms with E-state index >= 15 is 0 Å². The van der Waals surface area contributed by atoms with Crippen LogP contribution >= 0.6 is 0 Å². The standard InChI is InChI=1S/C15H14O2/c1-11-8-14(12-6-4-3-5-7-12)13(10-16)9-15(11)17-2/h3-10H,1-2H3. The molecule has 0 amide bonds. The van der Waals surface area contributed by atoms with Gasteiger partial charge in [0.15, 0.2) is 6.29 Å². The molecule has 0 atom stereocenters. The summed E-state index contributed by atoms with van der Waals surface area (Å²) in [6.45, 7) is 1.97. The van der Waals surface area contributed by atoms with Crippen LogP contribution in [0.5, 0.6) is 5.75 Å². The largest absolute Gasteiger partial charge is 0.496 e. The molecule has 86 valence electrons. The predicted octanol–water partition coefficient (Wildman–Crippen LogP) is 3.48. The van der Waals surface area contributed by atoms with Gasteiger partial charge in [0.05, 0.1) is 7.11 Å². The molecular weight excluding hydrogens is 212 g/mol. The van der Waals surface area contributed by atoms with Crippen molar-refractivity contribution < 1.29 is 9.53 Å². The van der Waals surface area contributed by atoms with Gasteiger partial charge in [0, 0.05) is 5.56 Å². The quantitative estimate of drug-likeness (QED) is 0.749. The Balaban J connectivity index is 2.62. The summed E-state index contributed by atoms with van der Waals surface area (Å²) < 4.78 is 5.22. The fraction of sp³-hybridized carbons (Fsp3) is 0.133. The second-order valence-electron chi connectivity index (χ2n) is 3.89. The van der Waals surface area contributed by atoms with E-state index in [2.05, 4.69) is 0 Å². The van der Waals surface area contributed by atoms with E-state index in [1.807, 2.05) is 43.3 Å². The first-order valence-electron chi connectivity index (χ1n) is 5.45. The molecule has 0 bridgehead atoms. The lowest BCUT2D eigenvalue weighted by molar-refractivity contribution is 0.112. The SMILES string of the molecule is COc1cc(C=O)c(-c2ccccc2)cc1C. The molecule has 0 aliphatic carbocycles. The third-order valence-corrected chi connectivity index (χ3v) is 2.78. The molecule has 2 rings (SSSR count). The number of rotatable bonds is 3. The van der Waals surface area contributed by atoms with E-state index in [1.165, 1.54) is 0 Å². The van der Waals surface area contributed by atoms with Gasteiger partial charge in [-0.3, -0.25) is 4.79 Å². The lowest BCUT2D eigenvalue weighted by atomic mass is 9.97. The van der Waals surface area contributed by atoms with E-state index in [-0.39, 0.29) is 0 Å². The second-order valence-corrected chi connectivity index (χ2v) is 3.89. The number of benzene rings is 2. The highest BCUT2D eigenvalue weighted by Crippen LogP contribution is 2.29. The Labute approximate surface area is 101 Å². The number of ether oxygens (including phenoxy) is 1. The van der Waals surface area contributed by atoms with Crippen molar-refractivity contribution in [1.82, 2.24) is 0 Å². The van der Waals surface area contributed by atoms with E-state index in [0.717, 1.165) is 28.7 Å². The molecule has 0 unspecified atom stereocenters. The van der Waals surface area contributed by atoms with Gasteiger partial charge in [0.25, 0.3) is 0 Å². The lowest BCUT2D eigenvalue weighted by Crippen LogP contribution is -1.93. The normalized spacial score (nSPS) is 10.0. The number of carbonyl (C=O) groups is 1. The van der Waals surface area contributed by atoms with E-state index in [4.69, 9.17) is 4.74 Å². The Kier molecular flexibility index (Phi) is 3.24. The average molecular weight is 226 g/mol. The molecule has 0 aliphatic heterocycles. The van der Waals surface area contributed by atoms with Crippen LogP contribution in [0.2, 0.25) is 0 Å². The Morgan fingerprint density at radius 2 is 1.82 bits per heavy atom. The molecule has 0 saturated carbocycles. The summed E-state index contributed by atoms with van der Waals surface area (Å²) >= 11 is 0. The fourth-order valence-corrected chi connectivity index (χ4v) is 1.89. The topological polar surface area (TPSA) is 26.3 Å². The van der Waals surface area contributed by atoms with E-state index in [9.17, 15) is 4.79 Å². The first-order chi connectivity index (χ1) is 8.26. The highest BCUT2D eigenvalue weighted by Gasteiger charge is 2.08. The van der Waals surface area contributed by atoms with Crippen LogP contribution in [0.4, 0.5) is 0 Å². The minimum absolute atomic E-state index is 0.652. The molecule has 0 fully saturated rings. The Hall–Kier alpha value is -2.09. The summed E-state index contributed by atoms with van der Waals surface area (Å²) in [5.41, 5.74) is 3.66. The molecule has 0 aliphatic rings. The first kappa shape index (κ1) is 11.4. The zero-order chi connectivity index (χ0) is 12.3.